The van der Waals surface area contributed by atoms with Crippen LogP contribution in [0.4, 0.5) is 6.01 Å². The van der Waals surface area contributed by atoms with Gasteiger partial charge in [-0.2, -0.15) is 4.98 Å². The smallest absolute Gasteiger partial charge is 0.322 e. The molecule has 35 heavy (non-hydrogen) atoms. The third-order valence-corrected chi connectivity index (χ3v) is 6.16. The minimum Gasteiger partial charge on any atom is -0.480 e. The first-order valence-electron chi connectivity index (χ1n) is 10.9. The van der Waals surface area contributed by atoms with Gasteiger partial charge in [0.05, 0.1) is 5.92 Å². The molecule has 2 heterocycles. The molecule has 1 amide bonds. The van der Waals surface area contributed by atoms with Crippen molar-refractivity contribution in [2.45, 2.75) is 18.9 Å². The van der Waals surface area contributed by atoms with Crippen molar-refractivity contribution in [3.05, 3.63) is 70.4 Å². The van der Waals surface area contributed by atoms with E-state index in [1.54, 1.807) is 24.3 Å². The van der Waals surface area contributed by atoms with Crippen molar-refractivity contribution >= 4 is 52.3 Å². The summed E-state index contributed by atoms with van der Waals surface area (Å²) in [6.07, 6.45) is 0.137. The van der Waals surface area contributed by atoms with Crippen molar-refractivity contribution in [1.82, 2.24) is 15.6 Å². The highest BCUT2D eigenvalue weighted by atomic mass is 35.5. The third-order valence-electron chi connectivity index (χ3n) is 5.81. The Labute approximate surface area is 204 Å². The molecule has 1 aromatic heterocycles. The lowest BCUT2D eigenvalue weighted by Crippen LogP contribution is -2.43. The number of benzene rings is 2. The lowest BCUT2D eigenvalue weighted by atomic mass is 9.80. The van der Waals surface area contributed by atoms with Gasteiger partial charge in [0, 0.05) is 29.1 Å². The van der Waals surface area contributed by atoms with Crippen molar-refractivity contribution in [3.63, 3.8) is 0 Å². The number of nitrogens with one attached hydrogen (secondary N) is 3. The van der Waals surface area contributed by atoms with Crippen LogP contribution in [0.15, 0.2) is 69.2 Å². The van der Waals surface area contributed by atoms with Gasteiger partial charge in [0.15, 0.2) is 11.4 Å². The van der Waals surface area contributed by atoms with Crippen LogP contribution in [-0.4, -0.2) is 40.3 Å². The molecule has 2 unspecified atom stereocenters. The van der Waals surface area contributed by atoms with Crippen LogP contribution in [0.25, 0.3) is 11.1 Å². The molecular weight excluding hydrogens is 474 g/mol. The highest BCUT2D eigenvalue weighted by molar-refractivity contribution is 6.31. The highest BCUT2D eigenvalue weighted by Gasteiger charge is 2.39. The van der Waals surface area contributed by atoms with Crippen LogP contribution in [0.1, 0.15) is 24.4 Å². The Morgan fingerprint density at radius 3 is 2.69 bits per heavy atom. The number of guanidine groups is 1. The Balaban J connectivity index is 1.48. The number of carbonyl (C=O) groups is 3. The number of anilines is 1. The van der Waals surface area contributed by atoms with E-state index in [9.17, 15) is 14.4 Å². The molecule has 0 saturated heterocycles. The van der Waals surface area contributed by atoms with E-state index in [4.69, 9.17) is 26.1 Å². The Kier molecular flexibility index (Phi) is 5.96. The fourth-order valence-electron chi connectivity index (χ4n) is 4.24. The van der Waals surface area contributed by atoms with Crippen LogP contribution in [0.2, 0.25) is 5.02 Å². The number of amides is 1. The van der Waals surface area contributed by atoms with Crippen LogP contribution >= 0.6 is 11.6 Å². The first-order valence-corrected chi connectivity index (χ1v) is 11.2. The summed E-state index contributed by atoms with van der Waals surface area (Å²) < 4.78 is 5.73. The molecule has 3 aromatic rings. The number of carboxylic acid groups (broad SMARTS) is 1. The van der Waals surface area contributed by atoms with E-state index < -0.39 is 30.4 Å². The standard InChI is InChI=1S/C24H20ClN5O5/c25-14-6-2-1-5-13(14)21-20-16(9-12(10-17(20)31)22(34)26-11-19(32)33)27-23(29-21)30-24-28-15-7-3-4-8-18(15)35-24/h1-8,12,21H,9-11H2,(H,26,34)(H,32,33)(H2,27,28,29,30). The van der Waals surface area contributed by atoms with Crippen LogP contribution in [0.3, 0.4) is 0 Å². The molecule has 0 bridgehead atoms. The number of carboxylic acids is 1. The minimum absolute atomic E-state index is 0.0592. The van der Waals surface area contributed by atoms with Crippen molar-refractivity contribution in [2.75, 3.05) is 11.9 Å². The summed E-state index contributed by atoms with van der Waals surface area (Å²) in [6.45, 7) is -0.517. The number of fused-ring (bicyclic) bond motifs is 1. The summed E-state index contributed by atoms with van der Waals surface area (Å²) in [6, 6.07) is 13.9. The zero-order valence-electron chi connectivity index (χ0n) is 18.2. The van der Waals surface area contributed by atoms with E-state index in [1.807, 2.05) is 24.3 Å². The molecule has 4 N–H and O–H groups in total. The zero-order chi connectivity index (χ0) is 24.5. The van der Waals surface area contributed by atoms with E-state index in [-0.39, 0.29) is 30.6 Å². The molecule has 0 spiro atoms. The minimum atomic E-state index is -1.16. The number of aliphatic carboxylic acids is 1. The SMILES string of the molecule is O=C(O)CNC(=O)C1CC(=O)C2=C(C1)NC(Nc1nc3ccccc3o1)=NC2c1ccccc1Cl. The number of aromatic nitrogens is 1. The molecule has 10 nitrogen and oxygen atoms in total. The number of para-hydroxylation sites is 2. The predicted molar refractivity (Wildman–Crippen MR) is 128 cm³/mol. The second kappa shape index (κ2) is 9.22. The van der Waals surface area contributed by atoms with Crippen LogP contribution in [-0.2, 0) is 14.4 Å². The lowest BCUT2D eigenvalue weighted by Gasteiger charge is -2.33. The first-order chi connectivity index (χ1) is 16.9. The van der Waals surface area contributed by atoms with Crippen molar-refractivity contribution < 1.29 is 23.9 Å². The molecule has 0 saturated carbocycles. The number of oxazole rings is 1. The van der Waals surface area contributed by atoms with E-state index in [0.717, 1.165) is 0 Å². The van der Waals surface area contributed by atoms with Gasteiger partial charge in [-0.3, -0.25) is 19.7 Å². The Hall–Kier alpha value is -4.18. The fourth-order valence-corrected chi connectivity index (χ4v) is 4.48. The van der Waals surface area contributed by atoms with E-state index in [1.165, 1.54) is 0 Å². The molecule has 0 radical (unpaired) electrons. The van der Waals surface area contributed by atoms with Crippen LogP contribution < -0.4 is 16.0 Å². The molecule has 1 aliphatic heterocycles. The number of hydrogen-bond donors (Lipinski definition) is 4. The number of nitrogens with zero attached hydrogens (tertiary/aromatic N) is 2. The maximum Gasteiger partial charge on any atom is 0.322 e. The summed E-state index contributed by atoms with van der Waals surface area (Å²) in [5.41, 5.74) is 2.83. The number of Topliss-reactive ketones (excluding diaryl/α,β-unsaturated/α-hetero) is 1. The van der Waals surface area contributed by atoms with E-state index in [2.05, 4.69) is 20.9 Å². The van der Waals surface area contributed by atoms with Crippen molar-refractivity contribution in [1.29, 1.82) is 0 Å². The number of carbonyl (C=O) groups excluding carboxylic acids is 2. The number of ketones is 1. The molecule has 5 rings (SSSR count). The molecule has 0 fully saturated rings. The first kappa shape index (κ1) is 22.6. The van der Waals surface area contributed by atoms with Crippen LogP contribution in [0.5, 0.6) is 0 Å². The van der Waals surface area contributed by atoms with Gasteiger partial charge < -0.3 is 20.2 Å². The van der Waals surface area contributed by atoms with Gasteiger partial charge in [-0.05, 0) is 23.8 Å². The van der Waals surface area contributed by atoms with Gasteiger partial charge in [0.2, 0.25) is 11.9 Å². The molecule has 2 atom stereocenters. The third kappa shape index (κ3) is 4.60. The molecule has 11 heteroatoms. The van der Waals surface area contributed by atoms with E-state index >= 15 is 0 Å². The van der Waals surface area contributed by atoms with Crippen LogP contribution in [0, 0.1) is 5.92 Å². The molecule has 178 valence electrons. The van der Waals surface area contributed by atoms with Gasteiger partial charge in [0.25, 0.3) is 0 Å². The molecule has 1 aliphatic carbocycles. The average molecular weight is 494 g/mol. The number of rotatable bonds is 5. The summed E-state index contributed by atoms with van der Waals surface area (Å²) >= 11 is 6.45. The normalized spacial score (nSPS) is 19.6. The maximum absolute atomic E-state index is 13.2. The molecule has 2 aliphatic rings. The lowest BCUT2D eigenvalue weighted by molar-refractivity contribution is -0.138. The Morgan fingerprint density at radius 1 is 1.14 bits per heavy atom. The summed E-state index contributed by atoms with van der Waals surface area (Å²) in [5, 5.41) is 17.8. The van der Waals surface area contributed by atoms with E-state index in [0.29, 0.717) is 33.0 Å². The fraction of sp³-hybridized carbons (Fsp3) is 0.208. The highest BCUT2D eigenvalue weighted by Crippen LogP contribution is 2.40. The molecule has 2 aromatic carbocycles. The maximum atomic E-state index is 13.2. The Morgan fingerprint density at radius 2 is 1.91 bits per heavy atom. The van der Waals surface area contributed by atoms with Crippen molar-refractivity contribution in [2.24, 2.45) is 10.9 Å². The topological polar surface area (TPSA) is 146 Å². The van der Waals surface area contributed by atoms with Crippen molar-refractivity contribution in [3.8, 4) is 0 Å². The second-order valence-electron chi connectivity index (χ2n) is 8.17. The summed E-state index contributed by atoms with van der Waals surface area (Å²) in [5.74, 6) is -2.36. The number of hydrogen-bond acceptors (Lipinski definition) is 8. The molecular formula is C24H20ClN5O5. The number of allylic oxidation sites excluding steroid dienone is 1. The summed E-state index contributed by atoms with van der Waals surface area (Å²) in [4.78, 5) is 45.7. The zero-order valence-corrected chi connectivity index (χ0v) is 19.0. The number of halogens is 1. The van der Waals surface area contributed by atoms with Gasteiger partial charge >= 0.3 is 12.0 Å². The average Bonchev–Trinajstić information content (AvgIpc) is 3.24. The summed E-state index contributed by atoms with van der Waals surface area (Å²) in [7, 11) is 0. The largest absolute Gasteiger partial charge is 0.480 e. The van der Waals surface area contributed by atoms with Gasteiger partial charge in [-0.15, -0.1) is 0 Å². The monoisotopic (exact) mass is 493 g/mol. The quantitative estimate of drug-likeness (QED) is 0.424. The van der Waals surface area contributed by atoms with Gasteiger partial charge in [-0.25, -0.2) is 4.99 Å². The Bertz CT molecular complexity index is 1380. The second-order valence-corrected chi connectivity index (χ2v) is 8.58. The predicted octanol–water partition coefficient (Wildman–Crippen LogP) is 3.03. The van der Waals surface area contributed by atoms with Gasteiger partial charge in [0.1, 0.15) is 18.1 Å². The van der Waals surface area contributed by atoms with Gasteiger partial charge in [-0.1, -0.05) is 41.9 Å². The number of aliphatic imine (C=N–C) groups is 1.